The van der Waals surface area contributed by atoms with Crippen LogP contribution in [-0.4, -0.2) is 12.2 Å². The van der Waals surface area contributed by atoms with E-state index in [1.165, 1.54) is 0 Å². The molecule has 1 fully saturated rings. The lowest BCUT2D eigenvalue weighted by Gasteiger charge is -2.43. The SMILES string of the molecule is CC(C)(C)C(NN)C1CCCCC1C(F)(F)F. The van der Waals surface area contributed by atoms with Gasteiger partial charge >= 0.3 is 6.18 Å². The molecule has 3 atom stereocenters. The molecule has 0 heterocycles. The highest BCUT2D eigenvalue weighted by Crippen LogP contribution is 2.45. The number of alkyl halides is 3. The van der Waals surface area contributed by atoms with Crippen LogP contribution < -0.4 is 11.3 Å². The molecule has 0 radical (unpaired) electrons. The van der Waals surface area contributed by atoms with Crippen LogP contribution >= 0.6 is 0 Å². The van der Waals surface area contributed by atoms with Gasteiger partial charge in [0.05, 0.1) is 5.92 Å². The second kappa shape index (κ2) is 5.14. The van der Waals surface area contributed by atoms with Gasteiger partial charge in [0.25, 0.3) is 0 Å². The molecule has 2 nitrogen and oxygen atoms in total. The Morgan fingerprint density at radius 3 is 2.06 bits per heavy atom. The van der Waals surface area contributed by atoms with Crippen molar-refractivity contribution in [2.45, 2.75) is 58.7 Å². The minimum absolute atomic E-state index is 0.239. The molecule has 1 aliphatic rings. The summed E-state index contributed by atoms with van der Waals surface area (Å²) in [5.74, 6) is 3.86. The Balaban J connectivity index is 2.90. The number of hydrazine groups is 1. The number of halogens is 3. The van der Waals surface area contributed by atoms with Crippen molar-refractivity contribution in [3.05, 3.63) is 0 Å². The second-order valence-electron chi connectivity index (χ2n) is 6.11. The van der Waals surface area contributed by atoms with E-state index in [2.05, 4.69) is 5.43 Å². The fourth-order valence-electron chi connectivity index (χ4n) is 2.98. The Kier molecular flexibility index (Phi) is 4.47. The summed E-state index contributed by atoms with van der Waals surface area (Å²) in [6, 6.07) is -0.297. The van der Waals surface area contributed by atoms with Crippen LogP contribution in [0.25, 0.3) is 0 Å². The highest BCUT2D eigenvalue weighted by atomic mass is 19.4. The molecule has 0 spiro atoms. The van der Waals surface area contributed by atoms with Crippen LogP contribution in [0.1, 0.15) is 46.5 Å². The van der Waals surface area contributed by atoms with E-state index in [1.54, 1.807) is 0 Å². The summed E-state index contributed by atoms with van der Waals surface area (Å²) in [5, 5.41) is 0. The first-order valence-corrected chi connectivity index (χ1v) is 6.20. The van der Waals surface area contributed by atoms with Crippen LogP contribution in [-0.2, 0) is 0 Å². The summed E-state index contributed by atoms with van der Waals surface area (Å²) in [7, 11) is 0. The van der Waals surface area contributed by atoms with Crippen molar-refractivity contribution in [3.8, 4) is 0 Å². The van der Waals surface area contributed by atoms with Crippen molar-refractivity contribution in [2.24, 2.45) is 23.1 Å². The van der Waals surface area contributed by atoms with Gasteiger partial charge in [-0.05, 0) is 24.2 Å². The molecule has 0 bridgehead atoms. The van der Waals surface area contributed by atoms with Gasteiger partial charge in [-0.2, -0.15) is 13.2 Å². The van der Waals surface area contributed by atoms with Crippen molar-refractivity contribution >= 4 is 0 Å². The Labute approximate surface area is 101 Å². The molecule has 0 amide bonds. The first-order valence-electron chi connectivity index (χ1n) is 6.20. The molecule has 102 valence electrons. The maximum atomic E-state index is 13.0. The zero-order valence-electron chi connectivity index (χ0n) is 10.8. The van der Waals surface area contributed by atoms with Crippen LogP contribution in [0.2, 0.25) is 0 Å². The minimum atomic E-state index is -4.11. The molecule has 1 saturated carbocycles. The monoisotopic (exact) mass is 252 g/mol. The summed E-state index contributed by atoms with van der Waals surface area (Å²) in [6.45, 7) is 5.79. The lowest BCUT2D eigenvalue weighted by molar-refractivity contribution is -0.202. The summed E-state index contributed by atoms with van der Waals surface area (Å²) in [6.07, 6.45) is -1.72. The van der Waals surface area contributed by atoms with Crippen molar-refractivity contribution in [2.75, 3.05) is 0 Å². The van der Waals surface area contributed by atoms with E-state index in [9.17, 15) is 13.2 Å². The molecule has 0 saturated heterocycles. The highest BCUT2D eigenvalue weighted by molar-refractivity contribution is 4.92. The van der Waals surface area contributed by atoms with Crippen LogP contribution in [0.5, 0.6) is 0 Å². The fraction of sp³-hybridized carbons (Fsp3) is 1.00. The average molecular weight is 252 g/mol. The summed E-state index contributed by atoms with van der Waals surface area (Å²) in [4.78, 5) is 0. The molecule has 1 rings (SSSR count). The molecular formula is C12H23F3N2. The van der Waals surface area contributed by atoms with Gasteiger partial charge in [-0.3, -0.25) is 11.3 Å². The Hall–Kier alpha value is -0.290. The largest absolute Gasteiger partial charge is 0.392 e. The highest BCUT2D eigenvalue weighted by Gasteiger charge is 2.49. The Morgan fingerprint density at radius 1 is 1.12 bits per heavy atom. The third-order valence-electron chi connectivity index (χ3n) is 3.78. The van der Waals surface area contributed by atoms with Gasteiger partial charge in [0.1, 0.15) is 0 Å². The second-order valence-corrected chi connectivity index (χ2v) is 6.11. The zero-order valence-corrected chi connectivity index (χ0v) is 10.8. The van der Waals surface area contributed by atoms with Gasteiger partial charge in [-0.25, -0.2) is 0 Å². The van der Waals surface area contributed by atoms with Crippen molar-refractivity contribution < 1.29 is 13.2 Å². The summed E-state index contributed by atoms with van der Waals surface area (Å²) in [5.41, 5.74) is 2.35. The van der Waals surface area contributed by atoms with Crippen molar-refractivity contribution in [1.29, 1.82) is 0 Å². The van der Waals surface area contributed by atoms with Crippen LogP contribution in [0.15, 0.2) is 0 Å². The molecule has 3 N–H and O–H groups in total. The first-order chi connectivity index (χ1) is 7.68. The third kappa shape index (κ3) is 3.58. The summed E-state index contributed by atoms with van der Waals surface area (Å²) < 4.78 is 39.0. The van der Waals surface area contributed by atoms with E-state index >= 15 is 0 Å². The van der Waals surface area contributed by atoms with Gasteiger partial charge in [-0.15, -0.1) is 0 Å². The van der Waals surface area contributed by atoms with Gasteiger partial charge in [0, 0.05) is 6.04 Å². The predicted molar refractivity (Wildman–Crippen MR) is 62.1 cm³/mol. The molecule has 3 unspecified atom stereocenters. The predicted octanol–water partition coefficient (Wildman–Crippen LogP) is 3.23. The van der Waals surface area contributed by atoms with Gasteiger partial charge in [-0.1, -0.05) is 33.6 Å². The van der Waals surface area contributed by atoms with Gasteiger partial charge in [0.2, 0.25) is 0 Å². The molecule has 5 heteroatoms. The Morgan fingerprint density at radius 2 is 1.65 bits per heavy atom. The maximum Gasteiger partial charge on any atom is 0.392 e. The van der Waals surface area contributed by atoms with E-state index < -0.39 is 18.0 Å². The first kappa shape index (κ1) is 14.8. The standard InChI is InChI=1S/C12H23F3N2/c1-11(2,3)10(17-16)8-6-4-5-7-9(8)12(13,14)15/h8-10,17H,4-7,16H2,1-3H3. The Bertz CT molecular complexity index is 229. The van der Waals surface area contributed by atoms with Crippen LogP contribution in [0, 0.1) is 17.3 Å². The average Bonchev–Trinajstić information content (AvgIpc) is 2.15. The van der Waals surface area contributed by atoms with E-state index in [0.717, 1.165) is 6.42 Å². The molecule has 0 aliphatic heterocycles. The molecule has 0 aromatic rings. The van der Waals surface area contributed by atoms with E-state index in [1.807, 2.05) is 20.8 Å². The molecule has 17 heavy (non-hydrogen) atoms. The molecule has 0 aromatic carbocycles. The van der Waals surface area contributed by atoms with Gasteiger partial charge < -0.3 is 0 Å². The zero-order chi connectivity index (χ0) is 13.3. The lowest BCUT2D eigenvalue weighted by Crippen LogP contribution is -2.54. The molecule has 0 aromatic heterocycles. The van der Waals surface area contributed by atoms with Gasteiger partial charge in [0.15, 0.2) is 0 Å². The van der Waals surface area contributed by atoms with E-state index in [4.69, 9.17) is 5.84 Å². The maximum absolute atomic E-state index is 13.0. The van der Waals surface area contributed by atoms with E-state index in [0.29, 0.717) is 12.8 Å². The van der Waals surface area contributed by atoms with Crippen LogP contribution in [0.4, 0.5) is 13.2 Å². The number of hydrogen-bond donors (Lipinski definition) is 2. The fourth-order valence-corrected chi connectivity index (χ4v) is 2.98. The number of hydrogen-bond acceptors (Lipinski definition) is 2. The minimum Gasteiger partial charge on any atom is -0.271 e. The summed E-state index contributed by atoms with van der Waals surface area (Å²) >= 11 is 0. The topological polar surface area (TPSA) is 38.0 Å². The molecule has 1 aliphatic carbocycles. The third-order valence-corrected chi connectivity index (χ3v) is 3.78. The van der Waals surface area contributed by atoms with Crippen molar-refractivity contribution in [3.63, 3.8) is 0 Å². The number of nitrogens with two attached hydrogens (primary N) is 1. The smallest absolute Gasteiger partial charge is 0.271 e. The van der Waals surface area contributed by atoms with Crippen molar-refractivity contribution in [1.82, 2.24) is 5.43 Å². The number of nitrogens with one attached hydrogen (secondary N) is 1. The number of rotatable bonds is 2. The normalized spacial score (nSPS) is 29.1. The van der Waals surface area contributed by atoms with E-state index in [-0.39, 0.29) is 17.9 Å². The van der Waals surface area contributed by atoms with Crippen LogP contribution in [0.3, 0.4) is 0 Å². The molecular weight excluding hydrogens is 229 g/mol. The lowest BCUT2D eigenvalue weighted by atomic mass is 9.68. The quantitative estimate of drug-likeness (QED) is 0.585.